The number of nitro benzene ring substituents is 1. The van der Waals surface area contributed by atoms with E-state index in [1.165, 1.54) is 6.07 Å². The van der Waals surface area contributed by atoms with Crippen molar-refractivity contribution in [3.05, 3.63) is 58.1 Å². The van der Waals surface area contributed by atoms with Crippen molar-refractivity contribution in [2.24, 2.45) is 5.10 Å². The van der Waals surface area contributed by atoms with Gasteiger partial charge in [-0.25, -0.2) is 5.43 Å². The summed E-state index contributed by atoms with van der Waals surface area (Å²) in [5, 5.41) is 28.0. The summed E-state index contributed by atoms with van der Waals surface area (Å²) >= 11 is 0. The zero-order chi connectivity index (χ0) is 21.2. The molecule has 0 radical (unpaired) electrons. The zero-order valence-electron chi connectivity index (χ0n) is 15.6. The third kappa shape index (κ3) is 6.61. The number of unbranched alkanes of at least 4 members (excludes halogenated alkanes) is 1. The quantitative estimate of drug-likeness (QED) is 0.228. The van der Waals surface area contributed by atoms with Gasteiger partial charge in [0.15, 0.2) is 0 Å². The molecule has 2 N–H and O–H groups in total. The highest BCUT2D eigenvalue weighted by Crippen LogP contribution is 2.22. The van der Waals surface area contributed by atoms with Crippen molar-refractivity contribution in [1.29, 1.82) is 0 Å². The van der Waals surface area contributed by atoms with E-state index in [0.29, 0.717) is 18.0 Å². The predicted octanol–water partition coefficient (Wildman–Crippen LogP) is 1.94. The summed E-state index contributed by atoms with van der Waals surface area (Å²) in [6, 6.07) is 9.88. The second-order valence-electron chi connectivity index (χ2n) is 5.86. The van der Waals surface area contributed by atoms with E-state index >= 15 is 0 Å². The SMILES string of the molecule is CCCCOc1ccc(NC(=O)C(=O)N/N=C\c2ccc([O-])c([N+](=O)[O-])c2)cc1. The molecule has 0 aliphatic rings. The Labute approximate surface area is 166 Å². The van der Waals surface area contributed by atoms with E-state index in [1.54, 1.807) is 24.3 Å². The Hall–Kier alpha value is -3.95. The van der Waals surface area contributed by atoms with Gasteiger partial charge in [-0.1, -0.05) is 25.5 Å². The van der Waals surface area contributed by atoms with Crippen molar-refractivity contribution in [2.45, 2.75) is 19.8 Å². The highest BCUT2D eigenvalue weighted by molar-refractivity contribution is 6.39. The van der Waals surface area contributed by atoms with Gasteiger partial charge in [-0.3, -0.25) is 19.7 Å². The van der Waals surface area contributed by atoms with E-state index < -0.39 is 28.2 Å². The number of hydrazone groups is 1. The monoisotopic (exact) mass is 399 g/mol. The standard InChI is InChI=1S/C19H20N4O6/c1-2-3-10-29-15-7-5-14(6-8-15)21-18(25)19(26)22-20-12-13-4-9-17(24)16(11-13)23(27)28/h4-9,11-12,24H,2-3,10H2,1H3,(H,21,25)(H,22,26)/p-1/b20-12-. The van der Waals surface area contributed by atoms with Crippen LogP contribution in [0.1, 0.15) is 25.3 Å². The van der Waals surface area contributed by atoms with Crippen LogP contribution in [0.25, 0.3) is 0 Å². The molecule has 2 amide bonds. The third-order valence-electron chi connectivity index (χ3n) is 3.64. The Bertz CT molecular complexity index is 911. The number of nitrogens with zero attached hydrogens (tertiary/aromatic N) is 2. The van der Waals surface area contributed by atoms with Crippen LogP contribution in [-0.4, -0.2) is 29.6 Å². The van der Waals surface area contributed by atoms with E-state index in [2.05, 4.69) is 17.3 Å². The van der Waals surface area contributed by atoms with Gasteiger partial charge in [-0.15, -0.1) is 0 Å². The molecule has 2 rings (SSSR count). The second kappa shape index (κ2) is 10.4. The lowest BCUT2D eigenvalue weighted by Crippen LogP contribution is -2.32. The number of carbonyl (C=O) groups excluding carboxylic acids is 2. The molecule has 0 aromatic heterocycles. The van der Waals surface area contributed by atoms with Crippen molar-refractivity contribution in [2.75, 3.05) is 11.9 Å². The molecule has 0 bridgehead atoms. The van der Waals surface area contributed by atoms with E-state index in [0.717, 1.165) is 31.2 Å². The van der Waals surface area contributed by atoms with Crippen LogP contribution in [0.2, 0.25) is 0 Å². The Morgan fingerprint density at radius 3 is 2.55 bits per heavy atom. The number of carbonyl (C=O) groups is 2. The summed E-state index contributed by atoms with van der Waals surface area (Å²) in [7, 11) is 0. The average molecular weight is 399 g/mol. The van der Waals surface area contributed by atoms with Crippen molar-refractivity contribution in [3.8, 4) is 11.5 Å². The van der Waals surface area contributed by atoms with Gasteiger partial charge in [-0.2, -0.15) is 5.10 Å². The van der Waals surface area contributed by atoms with Gasteiger partial charge in [0.05, 0.1) is 17.7 Å². The normalized spacial score (nSPS) is 10.5. The first-order valence-electron chi connectivity index (χ1n) is 8.73. The Morgan fingerprint density at radius 1 is 1.17 bits per heavy atom. The molecule has 29 heavy (non-hydrogen) atoms. The van der Waals surface area contributed by atoms with Gasteiger partial charge in [-0.05, 0) is 36.4 Å². The zero-order valence-corrected chi connectivity index (χ0v) is 15.6. The van der Waals surface area contributed by atoms with Gasteiger partial charge in [0.2, 0.25) is 0 Å². The Kier molecular flexibility index (Phi) is 7.66. The smallest absolute Gasteiger partial charge is 0.329 e. The average Bonchev–Trinajstić information content (AvgIpc) is 2.70. The number of amides is 2. The maximum Gasteiger partial charge on any atom is 0.329 e. The molecule has 0 unspecified atom stereocenters. The van der Waals surface area contributed by atoms with Gasteiger partial charge < -0.3 is 15.2 Å². The largest absolute Gasteiger partial charge is 0.868 e. The molecule has 152 valence electrons. The lowest BCUT2D eigenvalue weighted by atomic mass is 10.2. The molecule has 0 atom stereocenters. The van der Waals surface area contributed by atoms with Crippen LogP contribution in [0, 0.1) is 10.1 Å². The lowest BCUT2D eigenvalue weighted by molar-refractivity contribution is -0.398. The van der Waals surface area contributed by atoms with Crippen LogP contribution >= 0.6 is 0 Å². The highest BCUT2D eigenvalue weighted by atomic mass is 16.6. The molecule has 2 aromatic carbocycles. The fourth-order valence-corrected chi connectivity index (χ4v) is 2.13. The third-order valence-corrected chi connectivity index (χ3v) is 3.64. The topological polar surface area (TPSA) is 146 Å². The van der Waals surface area contributed by atoms with Crippen LogP contribution in [0.15, 0.2) is 47.6 Å². The fourth-order valence-electron chi connectivity index (χ4n) is 2.13. The van der Waals surface area contributed by atoms with E-state index in [9.17, 15) is 24.8 Å². The molecule has 0 fully saturated rings. The van der Waals surface area contributed by atoms with Crippen LogP contribution < -0.4 is 20.6 Å². The number of nitrogens with one attached hydrogen (secondary N) is 2. The highest BCUT2D eigenvalue weighted by Gasteiger charge is 2.13. The summed E-state index contributed by atoms with van der Waals surface area (Å²) in [5.74, 6) is -2.05. The summed E-state index contributed by atoms with van der Waals surface area (Å²) in [5.41, 5.74) is 2.01. The number of ether oxygens (including phenoxy) is 1. The van der Waals surface area contributed by atoms with Gasteiger partial charge in [0.1, 0.15) is 5.75 Å². The first-order chi connectivity index (χ1) is 13.9. The summed E-state index contributed by atoms with van der Waals surface area (Å²) in [4.78, 5) is 33.6. The predicted molar refractivity (Wildman–Crippen MR) is 104 cm³/mol. The van der Waals surface area contributed by atoms with E-state index in [1.807, 2.05) is 5.43 Å². The van der Waals surface area contributed by atoms with Gasteiger partial charge in [0, 0.05) is 17.3 Å². The maximum absolute atomic E-state index is 11.9. The molecule has 0 heterocycles. The van der Waals surface area contributed by atoms with Crippen LogP contribution in [-0.2, 0) is 9.59 Å². The van der Waals surface area contributed by atoms with Crippen molar-refractivity contribution < 1.29 is 24.4 Å². The first-order valence-corrected chi connectivity index (χ1v) is 8.73. The number of hydrogen-bond donors (Lipinski definition) is 2. The lowest BCUT2D eigenvalue weighted by Gasteiger charge is -2.07. The van der Waals surface area contributed by atoms with E-state index in [4.69, 9.17) is 4.74 Å². The van der Waals surface area contributed by atoms with Crippen LogP contribution in [0.3, 0.4) is 0 Å². The molecule has 2 aromatic rings. The molecule has 10 nitrogen and oxygen atoms in total. The molecular formula is C19H19N4O6-. The summed E-state index contributed by atoms with van der Waals surface area (Å²) in [6.45, 7) is 2.66. The van der Waals surface area contributed by atoms with Gasteiger partial charge in [0.25, 0.3) is 5.69 Å². The van der Waals surface area contributed by atoms with Crippen molar-refractivity contribution >= 4 is 29.4 Å². The van der Waals surface area contributed by atoms with Crippen LogP contribution in [0.5, 0.6) is 11.5 Å². The number of anilines is 1. The minimum atomic E-state index is -1.03. The first kappa shape index (κ1) is 21.4. The number of benzene rings is 2. The number of hydrogen-bond acceptors (Lipinski definition) is 7. The van der Waals surface area contributed by atoms with Crippen molar-refractivity contribution in [3.63, 3.8) is 0 Å². The minimum absolute atomic E-state index is 0.218. The molecule has 0 aliphatic carbocycles. The Balaban J connectivity index is 1.87. The van der Waals surface area contributed by atoms with Gasteiger partial charge >= 0.3 is 11.8 Å². The minimum Gasteiger partial charge on any atom is -0.868 e. The molecule has 0 aliphatic heterocycles. The summed E-state index contributed by atoms with van der Waals surface area (Å²) in [6.07, 6.45) is 3.04. The van der Waals surface area contributed by atoms with Crippen LogP contribution in [0.4, 0.5) is 11.4 Å². The Morgan fingerprint density at radius 2 is 1.90 bits per heavy atom. The molecular weight excluding hydrogens is 380 g/mol. The molecule has 0 saturated heterocycles. The molecule has 0 saturated carbocycles. The molecule has 10 heteroatoms. The second-order valence-corrected chi connectivity index (χ2v) is 5.86. The van der Waals surface area contributed by atoms with Crippen molar-refractivity contribution in [1.82, 2.24) is 5.43 Å². The fraction of sp³-hybridized carbons (Fsp3) is 0.211. The van der Waals surface area contributed by atoms with E-state index in [-0.39, 0.29) is 5.56 Å². The summed E-state index contributed by atoms with van der Waals surface area (Å²) < 4.78 is 5.51. The molecule has 0 spiro atoms. The maximum atomic E-state index is 11.9. The number of nitro groups is 1. The number of rotatable bonds is 8.